The lowest BCUT2D eigenvalue weighted by atomic mass is 10.1. The number of hydrogen-bond acceptors (Lipinski definition) is 4. The van der Waals surface area contributed by atoms with Crippen LogP contribution in [0.4, 0.5) is 5.69 Å². The van der Waals surface area contributed by atoms with Gasteiger partial charge in [-0.2, -0.15) is 0 Å². The summed E-state index contributed by atoms with van der Waals surface area (Å²) in [4.78, 5) is 28.5. The summed E-state index contributed by atoms with van der Waals surface area (Å²) in [5, 5.41) is 6.35. The summed E-state index contributed by atoms with van der Waals surface area (Å²) >= 11 is 0. The summed E-state index contributed by atoms with van der Waals surface area (Å²) in [5.41, 5.74) is 2.54. The fourth-order valence-electron chi connectivity index (χ4n) is 3.19. The van der Waals surface area contributed by atoms with Gasteiger partial charge in [-0.15, -0.1) is 0 Å². The molecular formula is C23H20N4O3. The molecule has 4 rings (SSSR count). The monoisotopic (exact) mass is 400 g/mol. The summed E-state index contributed by atoms with van der Waals surface area (Å²) in [7, 11) is 3.46. The molecule has 0 bridgehead atoms. The van der Waals surface area contributed by atoms with Gasteiger partial charge < -0.3 is 19.9 Å². The quantitative estimate of drug-likeness (QED) is 0.531. The topological polar surface area (TPSA) is 85.3 Å². The first kappa shape index (κ1) is 19.2. The van der Waals surface area contributed by atoms with Gasteiger partial charge in [0.2, 0.25) is 0 Å². The number of carbonyl (C=O) groups is 2. The Bertz CT molecular complexity index is 1230. The number of ether oxygens (including phenoxy) is 1. The van der Waals surface area contributed by atoms with E-state index in [4.69, 9.17) is 4.74 Å². The van der Waals surface area contributed by atoms with Gasteiger partial charge in [0.1, 0.15) is 17.2 Å². The molecule has 0 saturated heterocycles. The Labute approximate surface area is 173 Å². The average Bonchev–Trinajstić information content (AvgIpc) is 3.12. The van der Waals surface area contributed by atoms with Gasteiger partial charge in [0, 0.05) is 49.1 Å². The number of amides is 2. The number of rotatable bonds is 5. The molecule has 150 valence electrons. The van der Waals surface area contributed by atoms with Crippen molar-refractivity contribution in [3.05, 3.63) is 84.3 Å². The Balaban J connectivity index is 1.47. The number of hydrogen-bond donors (Lipinski definition) is 2. The van der Waals surface area contributed by atoms with Gasteiger partial charge in [0.25, 0.3) is 11.8 Å². The van der Waals surface area contributed by atoms with Crippen LogP contribution in [0.3, 0.4) is 0 Å². The highest BCUT2D eigenvalue weighted by Gasteiger charge is 2.14. The van der Waals surface area contributed by atoms with Crippen LogP contribution in [0.1, 0.15) is 20.8 Å². The Morgan fingerprint density at radius 2 is 1.73 bits per heavy atom. The molecule has 0 aliphatic heterocycles. The minimum atomic E-state index is -0.285. The third kappa shape index (κ3) is 3.86. The van der Waals surface area contributed by atoms with Gasteiger partial charge in [0.15, 0.2) is 0 Å². The molecule has 2 heterocycles. The first-order chi connectivity index (χ1) is 14.5. The van der Waals surface area contributed by atoms with Crippen LogP contribution in [0.2, 0.25) is 0 Å². The van der Waals surface area contributed by atoms with Crippen LogP contribution in [0.5, 0.6) is 11.5 Å². The van der Waals surface area contributed by atoms with E-state index in [1.807, 2.05) is 42.1 Å². The predicted octanol–water partition coefficient (Wildman–Crippen LogP) is 3.98. The van der Waals surface area contributed by atoms with E-state index in [0.29, 0.717) is 22.7 Å². The van der Waals surface area contributed by atoms with E-state index in [2.05, 4.69) is 15.6 Å². The van der Waals surface area contributed by atoms with Crippen LogP contribution in [0.15, 0.2) is 73.1 Å². The summed E-state index contributed by atoms with van der Waals surface area (Å²) < 4.78 is 7.72. The van der Waals surface area contributed by atoms with E-state index in [1.54, 1.807) is 43.4 Å². The number of nitrogens with zero attached hydrogens (tertiary/aromatic N) is 2. The van der Waals surface area contributed by atoms with Crippen LogP contribution in [0.25, 0.3) is 10.9 Å². The number of fused-ring (bicyclic) bond motifs is 1. The average molecular weight is 400 g/mol. The zero-order chi connectivity index (χ0) is 21.1. The van der Waals surface area contributed by atoms with E-state index in [0.717, 1.165) is 10.9 Å². The zero-order valence-corrected chi connectivity index (χ0v) is 16.5. The molecule has 2 aromatic carbocycles. The summed E-state index contributed by atoms with van der Waals surface area (Å²) in [6.45, 7) is 0. The summed E-state index contributed by atoms with van der Waals surface area (Å²) in [6, 6.07) is 18.0. The van der Waals surface area contributed by atoms with E-state index in [9.17, 15) is 9.59 Å². The molecule has 2 N–H and O–H groups in total. The van der Waals surface area contributed by atoms with Crippen LogP contribution in [-0.2, 0) is 7.05 Å². The summed E-state index contributed by atoms with van der Waals surface area (Å²) in [6.07, 6.45) is 3.34. The predicted molar refractivity (Wildman–Crippen MR) is 115 cm³/mol. The third-order valence-corrected chi connectivity index (χ3v) is 4.68. The highest BCUT2D eigenvalue weighted by molar-refractivity contribution is 6.13. The molecule has 0 saturated carbocycles. The second-order valence-electron chi connectivity index (χ2n) is 6.71. The molecule has 0 fully saturated rings. The first-order valence-corrected chi connectivity index (χ1v) is 9.36. The Hall–Kier alpha value is -4.13. The maximum Gasteiger partial charge on any atom is 0.269 e. The SMILES string of the molecule is CNC(=O)c1cc(Oc2ccc(NC(=O)c3cn(C)c4ccccc34)cc2)ccn1. The number of para-hydroxylation sites is 1. The van der Waals surface area contributed by atoms with Gasteiger partial charge in [-0.05, 0) is 36.4 Å². The Morgan fingerprint density at radius 3 is 2.50 bits per heavy atom. The Morgan fingerprint density at radius 1 is 0.967 bits per heavy atom. The number of aryl methyl sites for hydroxylation is 1. The highest BCUT2D eigenvalue weighted by atomic mass is 16.5. The van der Waals surface area contributed by atoms with E-state index >= 15 is 0 Å². The number of carbonyl (C=O) groups excluding carboxylic acids is 2. The van der Waals surface area contributed by atoms with E-state index in [-0.39, 0.29) is 17.5 Å². The van der Waals surface area contributed by atoms with Crippen LogP contribution < -0.4 is 15.4 Å². The molecule has 7 heteroatoms. The van der Waals surface area contributed by atoms with Crippen molar-refractivity contribution >= 4 is 28.4 Å². The first-order valence-electron chi connectivity index (χ1n) is 9.36. The van der Waals surface area contributed by atoms with Crippen molar-refractivity contribution in [2.45, 2.75) is 0 Å². The number of benzene rings is 2. The fourth-order valence-corrected chi connectivity index (χ4v) is 3.19. The lowest BCUT2D eigenvalue weighted by Gasteiger charge is -2.09. The van der Waals surface area contributed by atoms with Crippen molar-refractivity contribution in [3.63, 3.8) is 0 Å². The van der Waals surface area contributed by atoms with Crippen molar-refractivity contribution in [2.75, 3.05) is 12.4 Å². The smallest absolute Gasteiger partial charge is 0.269 e. The van der Waals surface area contributed by atoms with Crippen LogP contribution >= 0.6 is 0 Å². The van der Waals surface area contributed by atoms with Gasteiger partial charge in [-0.25, -0.2) is 0 Å². The molecule has 0 unspecified atom stereocenters. The standard InChI is InChI=1S/C23H20N4O3/c1-24-23(29)20-13-17(11-12-25-20)30-16-9-7-15(8-10-16)26-22(28)19-14-27(2)21-6-4-3-5-18(19)21/h3-14H,1-2H3,(H,24,29)(H,26,28). The van der Waals surface area contributed by atoms with Crippen molar-refractivity contribution < 1.29 is 14.3 Å². The molecule has 2 aromatic heterocycles. The Kier molecular flexibility index (Phi) is 5.17. The molecule has 4 aromatic rings. The maximum absolute atomic E-state index is 12.7. The number of aromatic nitrogens is 2. The molecule has 2 amide bonds. The van der Waals surface area contributed by atoms with E-state index < -0.39 is 0 Å². The molecular weight excluding hydrogens is 380 g/mol. The van der Waals surface area contributed by atoms with Crippen molar-refractivity contribution in [1.82, 2.24) is 14.9 Å². The molecule has 0 radical (unpaired) electrons. The van der Waals surface area contributed by atoms with Gasteiger partial charge in [-0.3, -0.25) is 14.6 Å². The van der Waals surface area contributed by atoms with Crippen LogP contribution in [-0.4, -0.2) is 28.4 Å². The highest BCUT2D eigenvalue weighted by Crippen LogP contribution is 2.25. The molecule has 0 spiro atoms. The normalized spacial score (nSPS) is 10.6. The molecule has 7 nitrogen and oxygen atoms in total. The minimum Gasteiger partial charge on any atom is -0.457 e. The second kappa shape index (κ2) is 8.08. The second-order valence-corrected chi connectivity index (χ2v) is 6.71. The third-order valence-electron chi connectivity index (χ3n) is 4.68. The largest absolute Gasteiger partial charge is 0.457 e. The molecule has 0 aliphatic carbocycles. The number of pyridine rings is 1. The minimum absolute atomic E-state index is 0.176. The molecule has 0 aliphatic rings. The van der Waals surface area contributed by atoms with Gasteiger partial charge in [0.05, 0.1) is 5.56 Å². The number of nitrogens with one attached hydrogen (secondary N) is 2. The van der Waals surface area contributed by atoms with Crippen molar-refractivity contribution in [1.29, 1.82) is 0 Å². The molecule has 30 heavy (non-hydrogen) atoms. The van der Waals surface area contributed by atoms with Gasteiger partial charge in [-0.1, -0.05) is 18.2 Å². The fraction of sp³-hybridized carbons (Fsp3) is 0.0870. The van der Waals surface area contributed by atoms with Crippen molar-refractivity contribution in [3.8, 4) is 11.5 Å². The van der Waals surface area contributed by atoms with Crippen LogP contribution in [0, 0.1) is 0 Å². The number of anilines is 1. The zero-order valence-electron chi connectivity index (χ0n) is 16.5. The maximum atomic E-state index is 12.7. The lowest BCUT2D eigenvalue weighted by Crippen LogP contribution is -2.18. The lowest BCUT2D eigenvalue weighted by molar-refractivity contribution is 0.0957. The molecule has 0 atom stereocenters. The van der Waals surface area contributed by atoms with Crippen molar-refractivity contribution in [2.24, 2.45) is 7.05 Å². The van der Waals surface area contributed by atoms with E-state index in [1.165, 1.54) is 6.20 Å². The summed E-state index contributed by atoms with van der Waals surface area (Å²) in [5.74, 6) is 0.611. The van der Waals surface area contributed by atoms with Gasteiger partial charge >= 0.3 is 0 Å².